The van der Waals surface area contributed by atoms with Gasteiger partial charge >= 0.3 is 0 Å². The van der Waals surface area contributed by atoms with Crippen molar-refractivity contribution in [1.29, 1.82) is 0 Å². The molecular formula is C13H15N5OS. The molecule has 3 rings (SSSR count). The molecular weight excluding hydrogens is 274 g/mol. The van der Waals surface area contributed by atoms with Crippen LogP contribution in [0, 0.1) is 0 Å². The Morgan fingerprint density at radius 1 is 1.40 bits per heavy atom. The van der Waals surface area contributed by atoms with Gasteiger partial charge in [-0.3, -0.25) is 4.79 Å². The van der Waals surface area contributed by atoms with Crippen LogP contribution in [0.4, 0.5) is 5.69 Å². The van der Waals surface area contributed by atoms with Gasteiger partial charge in [0.15, 0.2) is 0 Å². The van der Waals surface area contributed by atoms with E-state index in [2.05, 4.69) is 21.6 Å². The van der Waals surface area contributed by atoms with Crippen LogP contribution < -0.4 is 4.90 Å². The SMILES string of the molecule is C[C@H](Sc1nnnn1C)C(=O)N1CCc2ccccc21. The number of hydrogen-bond acceptors (Lipinski definition) is 5. The number of carbonyl (C=O) groups excluding carboxylic acids is 1. The number of fused-ring (bicyclic) bond motifs is 1. The van der Waals surface area contributed by atoms with Crippen molar-refractivity contribution in [3.63, 3.8) is 0 Å². The second-order valence-electron chi connectivity index (χ2n) is 4.71. The summed E-state index contributed by atoms with van der Waals surface area (Å²) < 4.78 is 1.58. The fraction of sp³-hybridized carbons (Fsp3) is 0.385. The van der Waals surface area contributed by atoms with E-state index in [9.17, 15) is 4.79 Å². The smallest absolute Gasteiger partial charge is 0.240 e. The molecule has 0 spiro atoms. The van der Waals surface area contributed by atoms with Crippen LogP contribution >= 0.6 is 11.8 Å². The van der Waals surface area contributed by atoms with Crippen LogP contribution in [0.2, 0.25) is 0 Å². The zero-order valence-electron chi connectivity index (χ0n) is 11.4. The Labute approximate surface area is 121 Å². The van der Waals surface area contributed by atoms with E-state index in [1.807, 2.05) is 30.0 Å². The molecule has 104 valence electrons. The zero-order valence-corrected chi connectivity index (χ0v) is 12.2. The minimum atomic E-state index is -0.217. The Balaban J connectivity index is 1.75. The van der Waals surface area contributed by atoms with Gasteiger partial charge < -0.3 is 4.90 Å². The standard InChI is InChI=1S/C13H15N5OS/c1-9(20-13-14-15-16-17(13)2)12(19)18-8-7-10-5-3-4-6-11(10)18/h3-6,9H,7-8H2,1-2H3/t9-/m0/s1. The molecule has 0 aliphatic carbocycles. The predicted molar refractivity (Wildman–Crippen MR) is 76.6 cm³/mol. The molecule has 2 aromatic rings. The molecule has 0 saturated heterocycles. The minimum absolute atomic E-state index is 0.1000. The monoisotopic (exact) mass is 289 g/mol. The predicted octanol–water partition coefficient (Wildman–Crippen LogP) is 1.28. The number of benzene rings is 1. The number of nitrogens with zero attached hydrogens (tertiary/aromatic N) is 5. The summed E-state index contributed by atoms with van der Waals surface area (Å²) >= 11 is 1.38. The first-order valence-corrected chi connectivity index (χ1v) is 7.33. The molecule has 1 atom stereocenters. The lowest BCUT2D eigenvalue weighted by Gasteiger charge is -2.20. The topological polar surface area (TPSA) is 63.9 Å². The summed E-state index contributed by atoms with van der Waals surface area (Å²) in [5.41, 5.74) is 2.26. The number of carbonyl (C=O) groups is 1. The van der Waals surface area contributed by atoms with Crippen molar-refractivity contribution >= 4 is 23.4 Å². The van der Waals surface area contributed by atoms with Crippen molar-refractivity contribution < 1.29 is 4.79 Å². The molecule has 0 bridgehead atoms. The maximum absolute atomic E-state index is 12.6. The molecule has 0 radical (unpaired) electrons. The Bertz CT molecular complexity index is 641. The largest absolute Gasteiger partial charge is 0.311 e. The van der Waals surface area contributed by atoms with Gasteiger partial charge in [-0.05, 0) is 35.4 Å². The zero-order chi connectivity index (χ0) is 14.1. The van der Waals surface area contributed by atoms with Crippen molar-refractivity contribution in [2.45, 2.75) is 23.8 Å². The molecule has 6 nitrogen and oxygen atoms in total. The number of aromatic nitrogens is 4. The van der Waals surface area contributed by atoms with Crippen LogP contribution in [0.25, 0.3) is 0 Å². The van der Waals surface area contributed by atoms with Crippen LogP contribution in [0.1, 0.15) is 12.5 Å². The number of hydrogen-bond donors (Lipinski definition) is 0. The highest BCUT2D eigenvalue weighted by Crippen LogP contribution is 2.30. The van der Waals surface area contributed by atoms with Gasteiger partial charge in [-0.2, -0.15) is 0 Å². The molecule has 1 aromatic carbocycles. The van der Waals surface area contributed by atoms with Crippen molar-refractivity contribution in [3.8, 4) is 0 Å². The van der Waals surface area contributed by atoms with Crippen molar-refractivity contribution in [2.75, 3.05) is 11.4 Å². The lowest BCUT2D eigenvalue weighted by molar-refractivity contribution is -0.117. The highest BCUT2D eigenvalue weighted by Gasteiger charge is 2.29. The van der Waals surface area contributed by atoms with E-state index in [0.717, 1.165) is 18.7 Å². The number of para-hydroxylation sites is 1. The summed E-state index contributed by atoms with van der Waals surface area (Å²) in [7, 11) is 1.77. The van der Waals surface area contributed by atoms with Crippen LogP contribution in [0.5, 0.6) is 0 Å². The van der Waals surface area contributed by atoms with Crippen molar-refractivity contribution in [2.24, 2.45) is 7.05 Å². The van der Waals surface area contributed by atoms with Crippen LogP contribution in [0.3, 0.4) is 0 Å². The maximum atomic E-state index is 12.6. The number of thioether (sulfide) groups is 1. The summed E-state index contributed by atoms with van der Waals surface area (Å²) in [6, 6.07) is 8.06. The van der Waals surface area contributed by atoms with Gasteiger partial charge in [0.2, 0.25) is 11.1 Å². The van der Waals surface area contributed by atoms with Crippen molar-refractivity contribution in [3.05, 3.63) is 29.8 Å². The molecule has 20 heavy (non-hydrogen) atoms. The first-order chi connectivity index (χ1) is 9.66. The molecule has 2 heterocycles. The third kappa shape index (κ3) is 2.29. The van der Waals surface area contributed by atoms with Gasteiger partial charge in [-0.15, -0.1) is 5.10 Å². The lowest BCUT2D eigenvalue weighted by atomic mass is 10.2. The van der Waals surface area contributed by atoms with Gasteiger partial charge in [-0.25, -0.2) is 4.68 Å². The second kappa shape index (κ2) is 5.24. The summed E-state index contributed by atoms with van der Waals surface area (Å²) in [6.45, 7) is 2.64. The van der Waals surface area contributed by atoms with E-state index < -0.39 is 0 Å². The van der Waals surface area contributed by atoms with Gasteiger partial charge in [-0.1, -0.05) is 30.0 Å². The second-order valence-corrected chi connectivity index (χ2v) is 6.02. The molecule has 1 amide bonds. The van der Waals surface area contributed by atoms with E-state index in [0.29, 0.717) is 5.16 Å². The average molecular weight is 289 g/mol. The minimum Gasteiger partial charge on any atom is -0.311 e. The molecule has 0 unspecified atom stereocenters. The normalized spacial score (nSPS) is 15.2. The Morgan fingerprint density at radius 3 is 2.95 bits per heavy atom. The van der Waals surface area contributed by atoms with Crippen LogP contribution in [-0.4, -0.2) is 37.9 Å². The first-order valence-electron chi connectivity index (χ1n) is 6.45. The van der Waals surface area contributed by atoms with E-state index in [1.54, 1.807) is 11.7 Å². The molecule has 0 fully saturated rings. The number of rotatable bonds is 3. The fourth-order valence-electron chi connectivity index (χ4n) is 2.32. The Morgan fingerprint density at radius 2 is 2.20 bits per heavy atom. The third-order valence-corrected chi connectivity index (χ3v) is 4.48. The molecule has 1 aromatic heterocycles. The molecule has 1 aliphatic rings. The maximum Gasteiger partial charge on any atom is 0.240 e. The number of aryl methyl sites for hydroxylation is 1. The Hall–Kier alpha value is -1.89. The molecule has 0 N–H and O–H groups in total. The number of anilines is 1. The van der Waals surface area contributed by atoms with E-state index in [4.69, 9.17) is 0 Å². The Kier molecular flexibility index (Phi) is 3.43. The van der Waals surface area contributed by atoms with Gasteiger partial charge in [0.05, 0.1) is 5.25 Å². The van der Waals surface area contributed by atoms with E-state index in [1.165, 1.54) is 17.3 Å². The number of amides is 1. The lowest BCUT2D eigenvalue weighted by Crippen LogP contribution is -2.35. The molecule has 1 aliphatic heterocycles. The highest BCUT2D eigenvalue weighted by molar-refractivity contribution is 8.00. The molecule has 0 saturated carbocycles. The summed E-state index contributed by atoms with van der Waals surface area (Å²) in [6.07, 6.45) is 0.921. The fourth-order valence-corrected chi connectivity index (χ4v) is 3.13. The van der Waals surface area contributed by atoms with Gasteiger partial charge in [0, 0.05) is 19.3 Å². The summed E-state index contributed by atoms with van der Waals surface area (Å²) in [4.78, 5) is 14.4. The number of tetrazole rings is 1. The average Bonchev–Trinajstić information content (AvgIpc) is 3.05. The van der Waals surface area contributed by atoms with Gasteiger partial charge in [0.25, 0.3) is 0 Å². The van der Waals surface area contributed by atoms with Gasteiger partial charge in [0.1, 0.15) is 0 Å². The summed E-state index contributed by atoms with van der Waals surface area (Å²) in [5, 5.41) is 11.7. The first kappa shape index (κ1) is 13.1. The third-order valence-electron chi connectivity index (χ3n) is 3.36. The quantitative estimate of drug-likeness (QED) is 0.796. The summed E-state index contributed by atoms with van der Waals surface area (Å²) in [5.74, 6) is 0.1000. The van der Waals surface area contributed by atoms with E-state index in [-0.39, 0.29) is 11.2 Å². The van der Waals surface area contributed by atoms with Crippen LogP contribution in [-0.2, 0) is 18.3 Å². The van der Waals surface area contributed by atoms with Crippen LogP contribution in [0.15, 0.2) is 29.4 Å². The van der Waals surface area contributed by atoms with E-state index >= 15 is 0 Å². The van der Waals surface area contributed by atoms with Crippen molar-refractivity contribution in [1.82, 2.24) is 20.2 Å². The highest BCUT2D eigenvalue weighted by atomic mass is 32.2. The molecule has 7 heteroatoms.